The molecule has 0 fully saturated rings. The fraction of sp³-hybridized carbons (Fsp3) is 0.333. The third-order valence-electron chi connectivity index (χ3n) is 10.0. The first kappa shape index (κ1) is 29.2. The summed E-state index contributed by atoms with van der Waals surface area (Å²) >= 11 is 5.07. The predicted molar refractivity (Wildman–Crippen MR) is 191 cm³/mol. The van der Waals surface area contributed by atoms with Gasteiger partial charge in [-0.1, -0.05) is 103 Å². The average Bonchev–Trinajstić information content (AvgIpc) is 3.10. The van der Waals surface area contributed by atoms with E-state index in [-0.39, 0.29) is 5.25 Å². The Labute approximate surface area is 270 Å². The van der Waals surface area contributed by atoms with Gasteiger partial charge in [0.2, 0.25) is 0 Å². The molecular weight excluding hydrogens is 551 g/mol. The lowest BCUT2D eigenvalue weighted by molar-refractivity contribution is 0.530. The first-order valence-electron chi connectivity index (χ1n) is 16.9. The minimum absolute atomic E-state index is 0.211. The molecule has 0 aromatic heterocycles. The highest BCUT2D eigenvalue weighted by atomic mass is 32.1. The molecule has 7 rings (SSSR count). The Kier molecular flexibility index (Phi) is 9.07. The lowest BCUT2D eigenvalue weighted by atomic mass is 9.75. The highest BCUT2D eigenvalue weighted by Gasteiger charge is 2.29. The van der Waals surface area contributed by atoms with Crippen LogP contribution in [0.5, 0.6) is 0 Å². The molecule has 1 aromatic carbocycles. The van der Waals surface area contributed by atoms with Gasteiger partial charge in [0.05, 0.1) is 6.04 Å². The van der Waals surface area contributed by atoms with Crippen molar-refractivity contribution in [3.63, 3.8) is 0 Å². The second kappa shape index (κ2) is 13.7. The lowest BCUT2D eigenvalue weighted by Crippen LogP contribution is -2.33. The molecule has 0 spiro atoms. The van der Waals surface area contributed by atoms with Crippen molar-refractivity contribution in [3.05, 3.63) is 166 Å². The Morgan fingerprint density at radius 1 is 0.705 bits per heavy atom. The van der Waals surface area contributed by atoms with E-state index in [1.54, 1.807) is 0 Å². The summed E-state index contributed by atoms with van der Waals surface area (Å²) in [4.78, 5) is 0. The van der Waals surface area contributed by atoms with Crippen LogP contribution in [0.4, 0.5) is 0 Å². The molecule has 1 N–H and O–H groups in total. The van der Waals surface area contributed by atoms with E-state index in [1.807, 2.05) is 0 Å². The largest absolute Gasteiger partial charge is 0.378 e. The van der Waals surface area contributed by atoms with Gasteiger partial charge in [-0.05, 0) is 127 Å². The molecule has 44 heavy (non-hydrogen) atoms. The third kappa shape index (κ3) is 6.61. The molecule has 6 aliphatic carbocycles. The molecule has 0 aliphatic heterocycles. The highest BCUT2D eigenvalue weighted by Crippen LogP contribution is 2.42. The van der Waals surface area contributed by atoms with Crippen LogP contribution < -0.4 is 5.32 Å². The molecule has 0 saturated carbocycles. The first-order valence-corrected chi connectivity index (χ1v) is 17.4. The van der Waals surface area contributed by atoms with Crippen LogP contribution in [0.25, 0.3) is 0 Å². The third-order valence-corrected chi connectivity index (χ3v) is 10.5. The molecular formula is C42H45NS. The number of hydrogen-bond donors (Lipinski definition) is 2. The minimum atomic E-state index is 0.211. The van der Waals surface area contributed by atoms with Crippen LogP contribution in [-0.4, -0.2) is 11.3 Å². The van der Waals surface area contributed by atoms with Gasteiger partial charge in [-0.2, -0.15) is 12.6 Å². The minimum Gasteiger partial charge on any atom is -0.378 e. The molecule has 0 bridgehead atoms. The van der Waals surface area contributed by atoms with Crippen LogP contribution in [0, 0.1) is 5.92 Å². The number of rotatable bonds is 7. The summed E-state index contributed by atoms with van der Waals surface area (Å²) in [6.45, 7) is 0. The van der Waals surface area contributed by atoms with E-state index in [1.165, 1.54) is 63.1 Å². The number of thiol groups is 1. The molecule has 2 heteroatoms. The number of hydrogen-bond acceptors (Lipinski definition) is 2. The van der Waals surface area contributed by atoms with Gasteiger partial charge in [-0.15, -0.1) is 0 Å². The quantitative estimate of drug-likeness (QED) is 0.299. The lowest BCUT2D eigenvalue weighted by Gasteiger charge is -2.34. The van der Waals surface area contributed by atoms with Gasteiger partial charge in [0.15, 0.2) is 0 Å². The van der Waals surface area contributed by atoms with E-state index in [0.717, 1.165) is 51.4 Å². The number of nitrogens with one attached hydrogen (secondary N) is 1. The van der Waals surface area contributed by atoms with Crippen LogP contribution in [0.3, 0.4) is 0 Å². The van der Waals surface area contributed by atoms with E-state index < -0.39 is 0 Å². The van der Waals surface area contributed by atoms with E-state index in [0.29, 0.717) is 17.9 Å². The van der Waals surface area contributed by atoms with Gasteiger partial charge in [0, 0.05) is 16.9 Å². The summed E-state index contributed by atoms with van der Waals surface area (Å²) in [6, 6.07) is 11.1. The first-order chi connectivity index (χ1) is 21.7. The summed E-state index contributed by atoms with van der Waals surface area (Å²) in [7, 11) is 0. The van der Waals surface area contributed by atoms with Gasteiger partial charge in [0.1, 0.15) is 0 Å². The Hall–Kier alpha value is -3.49. The topological polar surface area (TPSA) is 12.0 Å². The van der Waals surface area contributed by atoms with E-state index >= 15 is 0 Å². The SMILES string of the molecule is SC1C=C(C2CCC=C(C3=CC(C4=CCCC(C5=CCCC=C5)=C4)=CCC3NC3=CCCC=C3)C2)C=CC1c1ccccc1. The molecule has 0 saturated heterocycles. The van der Waals surface area contributed by atoms with Gasteiger partial charge in [0.25, 0.3) is 0 Å². The second-order valence-corrected chi connectivity index (χ2v) is 13.6. The molecule has 6 aliphatic rings. The second-order valence-electron chi connectivity index (χ2n) is 13.0. The Morgan fingerprint density at radius 3 is 2.32 bits per heavy atom. The van der Waals surface area contributed by atoms with E-state index in [4.69, 9.17) is 12.6 Å². The summed E-state index contributed by atoms with van der Waals surface area (Å²) < 4.78 is 0. The van der Waals surface area contributed by atoms with Crippen molar-refractivity contribution in [2.24, 2.45) is 5.92 Å². The Balaban J connectivity index is 1.14. The zero-order chi connectivity index (χ0) is 29.7. The van der Waals surface area contributed by atoms with Gasteiger partial charge < -0.3 is 5.32 Å². The van der Waals surface area contributed by atoms with Crippen molar-refractivity contribution in [1.82, 2.24) is 5.32 Å². The van der Waals surface area contributed by atoms with E-state index in [9.17, 15) is 0 Å². The van der Waals surface area contributed by atoms with Crippen molar-refractivity contribution in [2.75, 3.05) is 0 Å². The van der Waals surface area contributed by atoms with E-state index in [2.05, 4.69) is 121 Å². The maximum Gasteiger partial charge on any atom is 0.0551 e. The summed E-state index contributed by atoms with van der Waals surface area (Å²) in [6.07, 6.45) is 45.0. The molecule has 1 nitrogen and oxygen atoms in total. The molecule has 0 amide bonds. The monoisotopic (exact) mass is 595 g/mol. The normalized spacial score (nSPS) is 28.5. The summed E-state index contributed by atoms with van der Waals surface area (Å²) in [5, 5.41) is 4.15. The smallest absolute Gasteiger partial charge is 0.0551 e. The molecule has 0 radical (unpaired) electrons. The molecule has 4 atom stereocenters. The molecule has 224 valence electrons. The van der Waals surface area contributed by atoms with Gasteiger partial charge in [-0.3, -0.25) is 0 Å². The Bertz CT molecular complexity index is 1600. The zero-order valence-electron chi connectivity index (χ0n) is 25.8. The molecule has 1 aromatic rings. The standard InChI is InChI=1S/C42H45NS/c44-42-29-36(22-24-39(42)31-14-6-2-7-15-31)34-18-11-19-37(27-34)40-28-35(23-25-41(40)43-38-20-8-3-9-21-38)33-17-10-16-32(26-33)30-12-4-1-5-13-30/h2,4,6-8,12-15,17,19-24,26,28-29,34,39,41-44H,1,3,5,9-11,16,18,25,27H2. The van der Waals surface area contributed by atoms with Crippen LogP contribution in [0.2, 0.25) is 0 Å². The highest BCUT2D eigenvalue weighted by molar-refractivity contribution is 7.81. The number of allylic oxidation sites excluding steroid dienone is 17. The molecule has 4 unspecified atom stereocenters. The van der Waals surface area contributed by atoms with Crippen molar-refractivity contribution in [2.45, 2.75) is 81.4 Å². The predicted octanol–water partition coefficient (Wildman–Crippen LogP) is 10.7. The van der Waals surface area contributed by atoms with Crippen LogP contribution in [-0.2, 0) is 0 Å². The maximum atomic E-state index is 5.07. The fourth-order valence-corrected chi connectivity index (χ4v) is 8.07. The van der Waals surface area contributed by atoms with Crippen molar-refractivity contribution < 1.29 is 0 Å². The number of benzene rings is 1. The van der Waals surface area contributed by atoms with Crippen molar-refractivity contribution >= 4 is 12.6 Å². The van der Waals surface area contributed by atoms with Crippen molar-refractivity contribution in [3.8, 4) is 0 Å². The molecule has 0 heterocycles. The van der Waals surface area contributed by atoms with Crippen LogP contribution >= 0.6 is 12.6 Å². The van der Waals surface area contributed by atoms with Gasteiger partial charge in [-0.25, -0.2) is 0 Å². The van der Waals surface area contributed by atoms with Crippen molar-refractivity contribution in [1.29, 1.82) is 0 Å². The van der Waals surface area contributed by atoms with Gasteiger partial charge >= 0.3 is 0 Å². The summed E-state index contributed by atoms with van der Waals surface area (Å²) in [5.41, 5.74) is 12.8. The average molecular weight is 596 g/mol. The maximum absolute atomic E-state index is 5.07. The fourth-order valence-electron chi connectivity index (χ4n) is 7.63. The zero-order valence-corrected chi connectivity index (χ0v) is 26.7. The summed E-state index contributed by atoms with van der Waals surface area (Å²) in [5.74, 6) is 0.871. The van der Waals surface area contributed by atoms with Crippen LogP contribution in [0.1, 0.15) is 75.7 Å². The Morgan fingerprint density at radius 2 is 1.52 bits per heavy atom. The van der Waals surface area contributed by atoms with Crippen LogP contribution in [0.15, 0.2) is 160 Å².